The zero-order valence-electron chi connectivity index (χ0n) is 12.5. The lowest BCUT2D eigenvalue weighted by Gasteiger charge is -2.26. The minimum absolute atomic E-state index is 0.0674. The number of hydrogen-bond donors (Lipinski definition) is 2. The van der Waals surface area contributed by atoms with E-state index in [1.165, 1.54) is 0 Å². The van der Waals surface area contributed by atoms with Crippen LogP contribution in [0.5, 0.6) is 5.75 Å². The molecule has 1 heterocycles. The predicted molar refractivity (Wildman–Crippen MR) is 81.0 cm³/mol. The van der Waals surface area contributed by atoms with Crippen LogP contribution in [0.15, 0.2) is 24.3 Å². The molecule has 4 nitrogen and oxygen atoms in total. The van der Waals surface area contributed by atoms with Gasteiger partial charge in [0, 0.05) is 18.3 Å². The average Bonchev–Trinajstić information content (AvgIpc) is 2.41. The molecule has 2 N–H and O–H groups in total. The van der Waals surface area contributed by atoms with E-state index in [1.807, 2.05) is 38.1 Å². The van der Waals surface area contributed by atoms with E-state index in [-0.39, 0.29) is 17.9 Å². The van der Waals surface area contributed by atoms with E-state index in [4.69, 9.17) is 4.74 Å². The average molecular weight is 276 g/mol. The maximum Gasteiger partial charge on any atom is 0.228 e. The van der Waals surface area contributed by atoms with Gasteiger partial charge in [-0.3, -0.25) is 4.79 Å². The Morgan fingerprint density at radius 3 is 2.55 bits per heavy atom. The Labute approximate surface area is 120 Å². The van der Waals surface area contributed by atoms with Gasteiger partial charge >= 0.3 is 0 Å². The van der Waals surface area contributed by atoms with Crippen molar-refractivity contribution in [2.24, 2.45) is 5.92 Å². The van der Waals surface area contributed by atoms with Gasteiger partial charge < -0.3 is 15.4 Å². The zero-order valence-corrected chi connectivity index (χ0v) is 12.5. The fourth-order valence-electron chi connectivity index (χ4n) is 2.36. The first-order valence-electron chi connectivity index (χ1n) is 7.35. The van der Waals surface area contributed by atoms with Gasteiger partial charge in [-0.2, -0.15) is 0 Å². The standard InChI is InChI=1S/C16H24N2O2/c1-11(2)20-15-8-6-14(7-9-15)18-16(19)13-5-4-12(3)17-10-13/h6-9,11-13,17H,4-5,10H2,1-3H3,(H,18,19). The third kappa shape index (κ3) is 4.23. The molecule has 1 aromatic carbocycles. The maximum atomic E-state index is 12.2. The third-order valence-corrected chi connectivity index (χ3v) is 3.53. The molecule has 4 heteroatoms. The maximum absolute atomic E-state index is 12.2. The lowest BCUT2D eigenvalue weighted by Crippen LogP contribution is -2.41. The number of piperidine rings is 1. The Balaban J connectivity index is 1.88. The number of ether oxygens (including phenoxy) is 1. The van der Waals surface area contributed by atoms with E-state index in [0.29, 0.717) is 6.04 Å². The molecule has 1 aliphatic heterocycles. The Morgan fingerprint density at radius 2 is 2.00 bits per heavy atom. The van der Waals surface area contributed by atoms with Crippen LogP contribution in [0.4, 0.5) is 5.69 Å². The second-order valence-electron chi connectivity index (χ2n) is 5.76. The van der Waals surface area contributed by atoms with Crippen LogP contribution in [0.3, 0.4) is 0 Å². The fraction of sp³-hybridized carbons (Fsp3) is 0.562. The fourth-order valence-corrected chi connectivity index (χ4v) is 2.36. The molecule has 2 rings (SSSR count). The lowest BCUT2D eigenvalue weighted by molar-refractivity contribution is -0.120. The second kappa shape index (κ2) is 6.75. The van der Waals surface area contributed by atoms with E-state index in [9.17, 15) is 4.79 Å². The zero-order chi connectivity index (χ0) is 14.5. The van der Waals surface area contributed by atoms with Crippen LogP contribution >= 0.6 is 0 Å². The highest BCUT2D eigenvalue weighted by atomic mass is 16.5. The van der Waals surface area contributed by atoms with Crippen molar-refractivity contribution >= 4 is 11.6 Å². The third-order valence-electron chi connectivity index (χ3n) is 3.53. The number of rotatable bonds is 4. The summed E-state index contributed by atoms with van der Waals surface area (Å²) in [7, 11) is 0. The van der Waals surface area contributed by atoms with Crippen LogP contribution in [0.25, 0.3) is 0 Å². The summed E-state index contributed by atoms with van der Waals surface area (Å²) in [4.78, 5) is 12.2. The van der Waals surface area contributed by atoms with Crippen molar-refractivity contribution in [3.8, 4) is 5.75 Å². The Hall–Kier alpha value is -1.55. The van der Waals surface area contributed by atoms with Crippen LogP contribution in [-0.4, -0.2) is 24.6 Å². The van der Waals surface area contributed by atoms with Crippen LogP contribution in [0, 0.1) is 5.92 Å². The van der Waals surface area contributed by atoms with Crippen molar-refractivity contribution in [3.63, 3.8) is 0 Å². The van der Waals surface area contributed by atoms with Gasteiger partial charge in [0.2, 0.25) is 5.91 Å². The van der Waals surface area contributed by atoms with E-state index in [0.717, 1.165) is 30.8 Å². The molecule has 20 heavy (non-hydrogen) atoms. The lowest BCUT2D eigenvalue weighted by atomic mass is 9.95. The van der Waals surface area contributed by atoms with E-state index in [2.05, 4.69) is 17.6 Å². The highest BCUT2D eigenvalue weighted by Gasteiger charge is 2.23. The van der Waals surface area contributed by atoms with Crippen molar-refractivity contribution < 1.29 is 9.53 Å². The first-order chi connectivity index (χ1) is 9.54. The molecule has 0 spiro atoms. The van der Waals surface area contributed by atoms with Gasteiger partial charge in [0.15, 0.2) is 0 Å². The molecule has 1 aromatic rings. The van der Waals surface area contributed by atoms with Gasteiger partial charge in [0.1, 0.15) is 5.75 Å². The van der Waals surface area contributed by atoms with E-state index < -0.39 is 0 Å². The molecule has 0 radical (unpaired) electrons. The largest absolute Gasteiger partial charge is 0.491 e. The van der Waals surface area contributed by atoms with Gasteiger partial charge in [0.25, 0.3) is 0 Å². The first-order valence-corrected chi connectivity index (χ1v) is 7.35. The summed E-state index contributed by atoms with van der Waals surface area (Å²) in [6.07, 6.45) is 2.17. The minimum atomic E-state index is 0.0674. The van der Waals surface area contributed by atoms with Crippen LogP contribution in [-0.2, 0) is 4.79 Å². The van der Waals surface area contributed by atoms with Gasteiger partial charge in [-0.1, -0.05) is 0 Å². The van der Waals surface area contributed by atoms with Crippen molar-refractivity contribution in [3.05, 3.63) is 24.3 Å². The summed E-state index contributed by atoms with van der Waals surface area (Å²) in [5.74, 6) is 0.992. The summed E-state index contributed by atoms with van der Waals surface area (Å²) in [5.41, 5.74) is 0.824. The topological polar surface area (TPSA) is 50.4 Å². The van der Waals surface area contributed by atoms with Crippen molar-refractivity contribution in [2.45, 2.75) is 45.8 Å². The van der Waals surface area contributed by atoms with Crippen molar-refractivity contribution in [1.82, 2.24) is 5.32 Å². The molecule has 0 saturated carbocycles. The molecule has 1 saturated heterocycles. The number of hydrogen-bond acceptors (Lipinski definition) is 3. The summed E-state index contributed by atoms with van der Waals surface area (Å²) in [6, 6.07) is 8.06. The second-order valence-corrected chi connectivity index (χ2v) is 5.76. The number of amides is 1. The highest BCUT2D eigenvalue weighted by Crippen LogP contribution is 2.19. The van der Waals surface area contributed by atoms with Gasteiger partial charge in [-0.05, 0) is 57.9 Å². The molecule has 1 fully saturated rings. The molecule has 2 atom stereocenters. The summed E-state index contributed by atoms with van der Waals surface area (Å²) >= 11 is 0. The van der Waals surface area contributed by atoms with Crippen LogP contribution < -0.4 is 15.4 Å². The monoisotopic (exact) mass is 276 g/mol. The van der Waals surface area contributed by atoms with Gasteiger partial charge in [-0.15, -0.1) is 0 Å². The number of benzene rings is 1. The molecule has 0 bridgehead atoms. The molecule has 0 aliphatic carbocycles. The molecular formula is C16H24N2O2. The molecule has 110 valence electrons. The Kier molecular flexibility index (Phi) is 5.01. The van der Waals surface area contributed by atoms with Crippen molar-refractivity contribution in [1.29, 1.82) is 0 Å². The van der Waals surface area contributed by atoms with Gasteiger partial charge in [0.05, 0.1) is 12.0 Å². The van der Waals surface area contributed by atoms with E-state index >= 15 is 0 Å². The molecule has 0 aromatic heterocycles. The minimum Gasteiger partial charge on any atom is -0.491 e. The summed E-state index contributed by atoms with van der Waals surface area (Å²) < 4.78 is 5.58. The summed E-state index contributed by atoms with van der Waals surface area (Å²) in [6.45, 7) is 6.91. The smallest absolute Gasteiger partial charge is 0.228 e. The Bertz CT molecular complexity index is 434. The van der Waals surface area contributed by atoms with Crippen LogP contribution in [0.2, 0.25) is 0 Å². The SMILES string of the molecule is CC1CCC(C(=O)Nc2ccc(OC(C)C)cc2)CN1. The summed E-state index contributed by atoms with van der Waals surface area (Å²) in [5, 5.41) is 6.32. The highest BCUT2D eigenvalue weighted by molar-refractivity contribution is 5.92. The van der Waals surface area contributed by atoms with Crippen molar-refractivity contribution in [2.75, 3.05) is 11.9 Å². The predicted octanol–water partition coefficient (Wildman–Crippen LogP) is 2.80. The number of nitrogens with one attached hydrogen (secondary N) is 2. The normalized spacial score (nSPS) is 22.6. The first kappa shape index (κ1) is 14.9. The molecule has 1 aliphatic rings. The number of anilines is 1. The van der Waals surface area contributed by atoms with E-state index in [1.54, 1.807) is 0 Å². The van der Waals surface area contributed by atoms with Gasteiger partial charge in [-0.25, -0.2) is 0 Å². The molecule has 1 amide bonds. The molecular weight excluding hydrogens is 252 g/mol. The van der Waals surface area contributed by atoms with Crippen LogP contribution in [0.1, 0.15) is 33.6 Å². The number of carbonyl (C=O) groups excluding carboxylic acids is 1. The Morgan fingerprint density at radius 1 is 1.30 bits per heavy atom. The quantitative estimate of drug-likeness (QED) is 0.889. The number of carbonyl (C=O) groups is 1. The molecule has 2 unspecified atom stereocenters.